The van der Waals surface area contributed by atoms with Crippen molar-refractivity contribution in [2.45, 2.75) is 13.5 Å². The zero-order valence-electron chi connectivity index (χ0n) is 14.4. The molecule has 0 aliphatic rings. The average Bonchev–Trinajstić information content (AvgIpc) is 2.64. The Bertz CT molecular complexity index is 901. The molecule has 5 nitrogen and oxygen atoms in total. The number of methoxy groups -OCH3 is 1. The van der Waals surface area contributed by atoms with Gasteiger partial charge in [-0.1, -0.05) is 41.4 Å². The molecule has 1 heterocycles. The molecular formula is C19H18Cl2N4O. The van der Waals surface area contributed by atoms with Gasteiger partial charge in [0.15, 0.2) is 0 Å². The molecule has 1 aromatic heterocycles. The van der Waals surface area contributed by atoms with Crippen LogP contribution in [0.2, 0.25) is 10.0 Å². The first kappa shape index (κ1) is 18.3. The molecule has 3 aromatic rings. The van der Waals surface area contributed by atoms with Crippen molar-refractivity contribution in [3.63, 3.8) is 0 Å². The molecule has 0 saturated heterocycles. The van der Waals surface area contributed by atoms with E-state index in [2.05, 4.69) is 20.6 Å². The molecule has 0 spiro atoms. The molecule has 26 heavy (non-hydrogen) atoms. The minimum Gasteiger partial charge on any atom is -0.497 e. The van der Waals surface area contributed by atoms with Crippen LogP contribution in [0.4, 0.5) is 17.3 Å². The van der Waals surface area contributed by atoms with Crippen LogP contribution in [0.25, 0.3) is 0 Å². The SMILES string of the molecule is COc1ccc(CNc2cc(Nc3cccc(Cl)c3Cl)nc(C)n2)cc1. The lowest BCUT2D eigenvalue weighted by atomic mass is 10.2. The van der Waals surface area contributed by atoms with Gasteiger partial charge in [-0.15, -0.1) is 0 Å². The monoisotopic (exact) mass is 388 g/mol. The van der Waals surface area contributed by atoms with E-state index in [0.29, 0.717) is 39.7 Å². The number of rotatable bonds is 6. The van der Waals surface area contributed by atoms with Crippen molar-refractivity contribution in [2.75, 3.05) is 17.7 Å². The summed E-state index contributed by atoms with van der Waals surface area (Å²) in [5.41, 5.74) is 1.81. The number of anilines is 3. The third-order valence-corrected chi connectivity index (χ3v) is 4.50. The van der Waals surface area contributed by atoms with Crippen LogP contribution in [-0.2, 0) is 6.54 Å². The standard InChI is InChI=1S/C19H18Cl2N4O/c1-12-23-17(22-11-13-6-8-14(26-2)9-7-13)10-18(24-12)25-16-5-3-4-15(20)19(16)21/h3-10H,11H2,1-2H3,(H2,22,23,24,25). The maximum absolute atomic E-state index is 6.22. The van der Waals surface area contributed by atoms with Gasteiger partial charge in [-0.2, -0.15) is 0 Å². The quantitative estimate of drug-likeness (QED) is 0.587. The van der Waals surface area contributed by atoms with Gasteiger partial charge in [0, 0.05) is 12.6 Å². The fourth-order valence-electron chi connectivity index (χ4n) is 2.40. The van der Waals surface area contributed by atoms with Crippen molar-refractivity contribution in [3.8, 4) is 5.75 Å². The van der Waals surface area contributed by atoms with Crippen LogP contribution in [0.5, 0.6) is 5.75 Å². The highest BCUT2D eigenvalue weighted by Crippen LogP contribution is 2.31. The van der Waals surface area contributed by atoms with E-state index in [1.807, 2.05) is 49.4 Å². The molecule has 0 fully saturated rings. The van der Waals surface area contributed by atoms with Crippen LogP contribution in [-0.4, -0.2) is 17.1 Å². The molecule has 0 atom stereocenters. The molecule has 0 amide bonds. The Hall–Kier alpha value is -2.50. The van der Waals surface area contributed by atoms with E-state index in [1.165, 1.54) is 0 Å². The highest BCUT2D eigenvalue weighted by atomic mass is 35.5. The minimum absolute atomic E-state index is 0.457. The fourth-order valence-corrected chi connectivity index (χ4v) is 2.74. The Morgan fingerprint density at radius 2 is 1.73 bits per heavy atom. The second-order valence-electron chi connectivity index (χ2n) is 5.61. The fraction of sp³-hybridized carbons (Fsp3) is 0.158. The van der Waals surface area contributed by atoms with Crippen molar-refractivity contribution >= 4 is 40.5 Å². The maximum Gasteiger partial charge on any atom is 0.136 e. The highest BCUT2D eigenvalue weighted by Gasteiger charge is 2.07. The molecule has 0 unspecified atom stereocenters. The zero-order chi connectivity index (χ0) is 18.5. The van der Waals surface area contributed by atoms with Gasteiger partial charge < -0.3 is 15.4 Å². The molecule has 134 valence electrons. The second-order valence-corrected chi connectivity index (χ2v) is 6.40. The van der Waals surface area contributed by atoms with Crippen LogP contribution in [0.15, 0.2) is 48.5 Å². The van der Waals surface area contributed by atoms with Gasteiger partial charge in [0.1, 0.15) is 23.2 Å². The van der Waals surface area contributed by atoms with Crippen LogP contribution >= 0.6 is 23.2 Å². The molecule has 2 N–H and O–H groups in total. The Balaban J connectivity index is 1.73. The number of benzene rings is 2. The summed E-state index contributed by atoms with van der Waals surface area (Å²) in [6.45, 7) is 2.47. The smallest absolute Gasteiger partial charge is 0.136 e. The number of hydrogen-bond donors (Lipinski definition) is 2. The molecule has 0 radical (unpaired) electrons. The highest BCUT2D eigenvalue weighted by molar-refractivity contribution is 6.43. The first-order chi connectivity index (χ1) is 12.5. The summed E-state index contributed by atoms with van der Waals surface area (Å²) in [5.74, 6) is 2.83. The lowest BCUT2D eigenvalue weighted by Gasteiger charge is -2.12. The van der Waals surface area contributed by atoms with Crippen molar-refractivity contribution in [2.24, 2.45) is 0 Å². The predicted octanol–water partition coefficient (Wildman–Crippen LogP) is 5.46. The third-order valence-electron chi connectivity index (χ3n) is 3.68. The van der Waals surface area contributed by atoms with E-state index in [-0.39, 0.29) is 0 Å². The lowest BCUT2D eigenvalue weighted by Crippen LogP contribution is -2.05. The van der Waals surface area contributed by atoms with E-state index in [9.17, 15) is 0 Å². The average molecular weight is 389 g/mol. The van der Waals surface area contributed by atoms with Gasteiger partial charge in [0.25, 0.3) is 0 Å². The van der Waals surface area contributed by atoms with Gasteiger partial charge in [-0.05, 0) is 36.8 Å². The molecule has 0 saturated carbocycles. The van der Waals surface area contributed by atoms with E-state index >= 15 is 0 Å². The van der Waals surface area contributed by atoms with Crippen molar-refractivity contribution in [3.05, 3.63) is 70.0 Å². The Morgan fingerprint density at radius 3 is 2.46 bits per heavy atom. The van der Waals surface area contributed by atoms with Crippen LogP contribution in [0.3, 0.4) is 0 Å². The third kappa shape index (κ3) is 4.56. The summed E-state index contributed by atoms with van der Waals surface area (Å²) < 4.78 is 5.17. The van der Waals surface area contributed by atoms with Gasteiger partial charge >= 0.3 is 0 Å². The second kappa shape index (κ2) is 8.25. The van der Waals surface area contributed by atoms with E-state index in [0.717, 1.165) is 11.3 Å². The summed E-state index contributed by atoms with van der Waals surface area (Å²) in [4.78, 5) is 8.82. The molecule has 2 aromatic carbocycles. The van der Waals surface area contributed by atoms with Crippen LogP contribution in [0, 0.1) is 6.92 Å². The molecule has 0 bridgehead atoms. The molecule has 7 heteroatoms. The largest absolute Gasteiger partial charge is 0.497 e. The van der Waals surface area contributed by atoms with Crippen molar-refractivity contribution < 1.29 is 4.74 Å². The zero-order valence-corrected chi connectivity index (χ0v) is 15.9. The lowest BCUT2D eigenvalue weighted by molar-refractivity contribution is 0.414. The topological polar surface area (TPSA) is 59.1 Å². The number of aryl methyl sites for hydroxylation is 1. The van der Waals surface area contributed by atoms with Crippen LogP contribution in [0.1, 0.15) is 11.4 Å². The first-order valence-corrected chi connectivity index (χ1v) is 8.74. The Labute approximate surface area is 162 Å². The van der Waals surface area contributed by atoms with Gasteiger partial charge in [-0.25, -0.2) is 9.97 Å². The number of nitrogens with one attached hydrogen (secondary N) is 2. The first-order valence-electron chi connectivity index (χ1n) is 7.98. The summed E-state index contributed by atoms with van der Waals surface area (Å²) in [5, 5.41) is 7.43. The molecular weight excluding hydrogens is 371 g/mol. The summed E-state index contributed by atoms with van der Waals surface area (Å²) in [7, 11) is 1.65. The van der Waals surface area contributed by atoms with Crippen molar-refractivity contribution in [1.29, 1.82) is 0 Å². The molecule has 0 aliphatic carbocycles. The molecule has 3 rings (SSSR count). The van der Waals surface area contributed by atoms with E-state index in [1.54, 1.807) is 13.2 Å². The number of nitrogens with zero attached hydrogens (tertiary/aromatic N) is 2. The van der Waals surface area contributed by atoms with Crippen LogP contribution < -0.4 is 15.4 Å². The van der Waals surface area contributed by atoms with E-state index in [4.69, 9.17) is 27.9 Å². The van der Waals surface area contributed by atoms with Gasteiger partial charge in [0.2, 0.25) is 0 Å². The normalized spacial score (nSPS) is 10.5. The van der Waals surface area contributed by atoms with Gasteiger partial charge in [-0.3, -0.25) is 0 Å². The van der Waals surface area contributed by atoms with Gasteiger partial charge in [0.05, 0.1) is 22.8 Å². The number of ether oxygens (including phenoxy) is 1. The number of aromatic nitrogens is 2. The summed E-state index contributed by atoms with van der Waals surface area (Å²) in [6, 6.07) is 15.1. The summed E-state index contributed by atoms with van der Waals surface area (Å²) >= 11 is 12.3. The minimum atomic E-state index is 0.457. The Kier molecular flexibility index (Phi) is 5.81. The number of halogens is 2. The molecule has 0 aliphatic heterocycles. The maximum atomic E-state index is 6.22. The summed E-state index contributed by atoms with van der Waals surface area (Å²) in [6.07, 6.45) is 0. The number of hydrogen-bond acceptors (Lipinski definition) is 5. The predicted molar refractivity (Wildman–Crippen MR) is 107 cm³/mol. The van der Waals surface area contributed by atoms with E-state index < -0.39 is 0 Å². The Morgan fingerprint density at radius 1 is 1.00 bits per heavy atom. The van der Waals surface area contributed by atoms with Crippen molar-refractivity contribution in [1.82, 2.24) is 9.97 Å².